The van der Waals surface area contributed by atoms with Crippen LogP contribution in [0.25, 0.3) is 0 Å². The fraction of sp³-hybridized carbons (Fsp3) is 0. The van der Waals surface area contributed by atoms with Gasteiger partial charge in [-0.2, -0.15) is 0 Å². The molecule has 0 aromatic heterocycles. The molecule has 0 aliphatic rings. The topological polar surface area (TPSA) is 0 Å². The third kappa shape index (κ3) is 57.3. The Bertz CT molecular complexity index is 13.5. The molecule has 0 heterocycles. The van der Waals surface area contributed by atoms with Gasteiger partial charge in [0.25, 0.3) is 0 Å². The first-order valence-electron chi connectivity index (χ1n) is 0.626. The Kier molecular flexibility index (Phi) is 23.4. The Morgan fingerprint density at radius 1 is 1.75 bits per heavy atom. The number of halogens is 1. The number of rotatable bonds is 0. The van der Waals surface area contributed by atoms with E-state index in [-0.39, 0.29) is 11.0 Å². The number of hydrogen-bond donors (Lipinski definition) is 0. The van der Waals surface area contributed by atoms with Crippen LogP contribution in [0.3, 0.4) is 0 Å². The van der Waals surface area contributed by atoms with Crippen molar-refractivity contribution in [1.29, 1.82) is 0 Å². The van der Waals surface area contributed by atoms with E-state index >= 15 is 0 Å². The van der Waals surface area contributed by atoms with Gasteiger partial charge in [0.2, 0.25) is 0 Å². The molecule has 0 fully saturated rings. The highest BCUT2D eigenvalue weighted by Crippen LogP contribution is 1.60. The molecular weight excluding hydrogens is 87.6 g/mol. The SMILES string of the molecule is C=CCl.[Si]. The lowest BCUT2D eigenvalue weighted by atomic mass is 11.3. The maximum Gasteiger partial charge on any atom is 0 e. The van der Waals surface area contributed by atoms with Crippen molar-refractivity contribution in [2.45, 2.75) is 0 Å². The second-order valence-corrected chi connectivity index (χ2v) is 0.463. The quantitative estimate of drug-likeness (QED) is 0.389. The Labute approximate surface area is 35.5 Å². The van der Waals surface area contributed by atoms with Gasteiger partial charge in [-0.05, 0) is 5.54 Å². The minimum absolute atomic E-state index is 0. The second kappa shape index (κ2) is 10.5. The van der Waals surface area contributed by atoms with Gasteiger partial charge in [0.1, 0.15) is 0 Å². The molecule has 0 aliphatic heterocycles. The van der Waals surface area contributed by atoms with E-state index in [1.807, 2.05) is 0 Å². The van der Waals surface area contributed by atoms with E-state index in [9.17, 15) is 0 Å². The van der Waals surface area contributed by atoms with Crippen LogP contribution in [0.1, 0.15) is 0 Å². The van der Waals surface area contributed by atoms with Crippen molar-refractivity contribution in [2.24, 2.45) is 0 Å². The smallest absolute Gasteiger partial charge is 0 e. The van der Waals surface area contributed by atoms with Crippen molar-refractivity contribution in [2.75, 3.05) is 0 Å². The highest BCUT2D eigenvalue weighted by molar-refractivity contribution is 6.25. The highest BCUT2D eigenvalue weighted by Gasteiger charge is 1.18. The first kappa shape index (κ1) is 8.87. The van der Waals surface area contributed by atoms with Crippen molar-refractivity contribution >= 4 is 22.6 Å². The summed E-state index contributed by atoms with van der Waals surface area (Å²) in [5.41, 5.74) is 1.22. The molecule has 0 aromatic rings. The van der Waals surface area contributed by atoms with Crippen LogP contribution in [0.5, 0.6) is 0 Å². The van der Waals surface area contributed by atoms with Crippen LogP contribution in [0, 0.1) is 0 Å². The lowest BCUT2D eigenvalue weighted by Crippen LogP contribution is -0.926. The summed E-state index contributed by atoms with van der Waals surface area (Å²) in [5.74, 6) is 0. The molecule has 0 aliphatic carbocycles. The minimum Gasteiger partial charge on any atom is -0.0936 e. The van der Waals surface area contributed by atoms with E-state index in [2.05, 4.69) is 6.58 Å². The molecular formula is C2H3ClSi. The molecule has 0 atom stereocenters. The first-order chi connectivity index (χ1) is 1.41. The third-order valence-corrected chi connectivity index (χ3v) is 0. The van der Waals surface area contributed by atoms with Gasteiger partial charge >= 0.3 is 0 Å². The van der Waals surface area contributed by atoms with Gasteiger partial charge in [-0.15, -0.1) is 0 Å². The van der Waals surface area contributed by atoms with Gasteiger partial charge in [-0.25, -0.2) is 0 Å². The number of hydrogen-bond acceptors (Lipinski definition) is 0. The molecule has 22 valence electrons. The monoisotopic (exact) mass is 90.0 g/mol. The Hall–Kier alpha value is 0.247. The molecule has 0 nitrogen and oxygen atoms in total. The Balaban J connectivity index is 0. The van der Waals surface area contributed by atoms with E-state index in [1.165, 1.54) is 5.54 Å². The fourth-order valence-electron chi connectivity index (χ4n) is 0. The lowest BCUT2D eigenvalue weighted by molar-refractivity contribution is 2.63. The van der Waals surface area contributed by atoms with Gasteiger partial charge in [-0.3, -0.25) is 0 Å². The van der Waals surface area contributed by atoms with Crippen molar-refractivity contribution in [1.82, 2.24) is 0 Å². The standard InChI is InChI=1S/C2H3Cl.Si/c1-2-3;/h2H,1H2;. The second-order valence-electron chi connectivity index (χ2n) is 0.154. The maximum atomic E-state index is 4.76. The van der Waals surface area contributed by atoms with Crippen molar-refractivity contribution in [3.8, 4) is 0 Å². The van der Waals surface area contributed by atoms with E-state index in [0.29, 0.717) is 0 Å². The molecule has 2 heteroatoms. The molecule has 0 amide bonds. The Morgan fingerprint density at radius 2 is 1.75 bits per heavy atom. The predicted molar refractivity (Wildman–Crippen MR) is 21.8 cm³/mol. The van der Waals surface area contributed by atoms with Gasteiger partial charge in [0.05, 0.1) is 0 Å². The van der Waals surface area contributed by atoms with Crippen LogP contribution in [-0.4, -0.2) is 11.0 Å². The largest absolute Gasteiger partial charge is 0.0936 e. The van der Waals surface area contributed by atoms with Crippen LogP contribution in [0.2, 0.25) is 0 Å². The van der Waals surface area contributed by atoms with E-state index in [0.717, 1.165) is 0 Å². The zero-order chi connectivity index (χ0) is 2.71. The predicted octanol–water partition coefficient (Wildman–Crippen LogP) is 0.988. The van der Waals surface area contributed by atoms with Gasteiger partial charge < -0.3 is 0 Å². The summed E-state index contributed by atoms with van der Waals surface area (Å²) < 4.78 is 0. The molecule has 0 saturated carbocycles. The van der Waals surface area contributed by atoms with Crippen LogP contribution in [0.4, 0.5) is 0 Å². The molecule has 0 saturated heterocycles. The lowest BCUT2D eigenvalue weighted by Gasteiger charge is -1.27. The van der Waals surface area contributed by atoms with Gasteiger partial charge in [0.15, 0.2) is 0 Å². The summed E-state index contributed by atoms with van der Waals surface area (Å²) in [7, 11) is 0. The molecule has 4 heavy (non-hydrogen) atoms. The normalized spacial score (nSPS) is 3.25. The third-order valence-electron chi connectivity index (χ3n) is 0. The summed E-state index contributed by atoms with van der Waals surface area (Å²) in [5, 5.41) is 0. The Morgan fingerprint density at radius 3 is 1.75 bits per heavy atom. The van der Waals surface area contributed by atoms with E-state index in [1.54, 1.807) is 0 Å². The summed E-state index contributed by atoms with van der Waals surface area (Å²) in [6.45, 7) is 3.13. The zero-order valence-electron chi connectivity index (χ0n) is 2.16. The molecule has 0 bridgehead atoms. The fourth-order valence-corrected chi connectivity index (χ4v) is 0. The van der Waals surface area contributed by atoms with Crippen molar-refractivity contribution in [3.05, 3.63) is 12.1 Å². The van der Waals surface area contributed by atoms with Crippen LogP contribution in [0.15, 0.2) is 12.1 Å². The van der Waals surface area contributed by atoms with Crippen LogP contribution >= 0.6 is 11.6 Å². The minimum atomic E-state index is 0. The first-order valence-corrected chi connectivity index (χ1v) is 1.06. The average molecular weight is 90.6 g/mol. The van der Waals surface area contributed by atoms with Crippen molar-refractivity contribution < 1.29 is 0 Å². The molecule has 0 rings (SSSR count). The maximum absolute atomic E-state index is 4.76. The molecule has 0 N–H and O–H groups in total. The van der Waals surface area contributed by atoms with Crippen molar-refractivity contribution in [3.63, 3.8) is 0 Å². The van der Waals surface area contributed by atoms with E-state index in [4.69, 9.17) is 11.6 Å². The summed E-state index contributed by atoms with van der Waals surface area (Å²) in [4.78, 5) is 0. The zero-order valence-corrected chi connectivity index (χ0v) is 3.92. The van der Waals surface area contributed by atoms with Gasteiger partial charge in [0, 0.05) is 11.0 Å². The molecule has 4 radical (unpaired) electrons. The van der Waals surface area contributed by atoms with E-state index < -0.39 is 0 Å². The molecule has 0 aromatic carbocycles. The van der Waals surface area contributed by atoms with Crippen LogP contribution < -0.4 is 0 Å². The molecule has 0 spiro atoms. The summed E-state index contributed by atoms with van der Waals surface area (Å²) >= 11 is 4.76. The summed E-state index contributed by atoms with van der Waals surface area (Å²) in [6.07, 6.45) is 0. The summed E-state index contributed by atoms with van der Waals surface area (Å²) in [6, 6.07) is 0. The molecule has 0 unspecified atom stereocenters. The van der Waals surface area contributed by atoms with Crippen LogP contribution in [-0.2, 0) is 0 Å². The van der Waals surface area contributed by atoms with Gasteiger partial charge in [-0.1, -0.05) is 18.2 Å². The highest BCUT2D eigenvalue weighted by atomic mass is 35.5. The average Bonchev–Trinajstić information content (AvgIpc) is 0.918.